The summed E-state index contributed by atoms with van der Waals surface area (Å²) in [6, 6.07) is 8.42. The van der Waals surface area contributed by atoms with Crippen LogP contribution in [0.3, 0.4) is 0 Å². The molecule has 4 saturated heterocycles. The number of nitrogens with zero attached hydrogens (tertiary/aromatic N) is 15. The number of likely N-dealkylation sites (tertiary alicyclic amines) is 1. The number of carbonyl (C=O) groups is 4. The molecule has 4 aliphatic rings. The molecule has 1 N–H and O–H groups in total. The standard InChI is InChI=1S/C29H28F4N8O2.C26H25F2N7O3.C3H5F2N/c1-38(2)26(42)18-4-3-17(21(30)9-18)10-23-24-22(31)13-41(25(24)37-16-36-23)20-5-7-39(8-6-20)28-34-11-19(12-35-28)27(43)40-14-29(32,33)15-40;1-33(2)25(37)17-4-3-16(20(27)9-17)10-22-23-21(28)13-35(24(23)32-14-31-22)18-5-7-34(8-6-18)26-29-11-19(12-30-26)38-15-36;4-3(5)1-6-2-3/h3-4,9,11-13,16,20H,5-8,10,14-15H2,1-2H3;3-4,9,11-15,18H,5-8,10H2,1-2H3;6H,1-2H2. The van der Waals surface area contributed by atoms with Crippen LogP contribution >= 0.6 is 0 Å². The minimum absolute atomic E-state index is 0.00765. The lowest BCUT2D eigenvalue weighted by atomic mass is 10.0. The summed E-state index contributed by atoms with van der Waals surface area (Å²) in [4.78, 5) is 89.1. The van der Waals surface area contributed by atoms with E-state index in [2.05, 4.69) is 45.2 Å². The predicted molar refractivity (Wildman–Crippen MR) is 300 cm³/mol. The van der Waals surface area contributed by atoms with Crippen LogP contribution in [0.5, 0.6) is 5.75 Å². The molecule has 21 nitrogen and oxygen atoms in total. The Hall–Kier alpha value is -9.28. The van der Waals surface area contributed by atoms with Crippen molar-refractivity contribution in [3.8, 4) is 5.75 Å². The number of benzene rings is 2. The molecular weight excluding hydrogens is 1150 g/mol. The molecule has 10 heterocycles. The van der Waals surface area contributed by atoms with E-state index in [1.54, 1.807) is 38.8 Å². The highest BCUT2D eigenvalue weighted by atomic mass is 19.3. The van der Waals surface area contributed by atoms with Crippen molar-refractivity contribution in [1.82, 2.24) is 69.0 Å². The van der Waals surface area contributed by atoms with Gasteiger partial charge in [-0.25, -0.2) is 75.0 Å². The molecule has 0 spiro atoms. The van der Waals surface area contributed by atoms with Crippen LogP contribution in [0.15, 0.2) is 86.2 Å². The lowest BCUT2D eigenvalue weighted by molar-refractivity contribution is -0.120. The number of fused-ring (bicyclic) bond motifs is 2. The predicted octanol–water partition coefficient (Wildman–Crippen LogP) is 7.12. The maximum absolute atomic E-state index is 15.3. The van der Waals surface area contributed by atoms with E-state index in [-0.39, 0.29) is 88.6 Å². The highest BCUT2D eigenvalue weighted by Gasteiger charge is 2.46. The van der Waals surface area contributed by atoms with E-state index in [1.165, 1.54) is 90.0 Å². The molecule has 0 aliphatic carbocycles. The summed E-state index contributed by atoms with van der Waals surface area (Å²) in [6.45, 7) is 1.23. The monoisotopic (exact) mass is 1210 g/mol. The van der Waals surface area contributed by atoms with Crippen LogP contribution < -0.4 is 19.9 Å². The number of nitrogens with one attached hydrogen (secondary N) is 1. The summed E-state index contributed by atoms with van der Waals surface area (Å²) in [5.41, 5.74) is 2.79. The third-order valence-electron chi connectivity index (χ3n) is 15.3. The average molecular weight is 1210 g/mol. The van der Waals surface area contributed by atoms with E-state index < -0.39 is 54.1 Å². The molecule has 0 radical (unpaired) electrons. The normalized spacial score (nSPS) is 16.4. The number of ether oxygens (including phenoxy) is 1. The Bertz CT molecular complexity index is 3820. The highest BCUT2D eigenvalue weighted by Crippen LogP contribution is 2.35. The van der Waals surface area contributed by atoms with Gasteiger partial charge < -0.3 is 43.7 Å². The second-order valence-electron chi connectivity index (χ2n) is 21.8. The maximum atomic E-state index is 15.3. The molecule has 4 aliphatic heterocycles. The molecule has 2 aromatic carbocycles. The number of aromatic nitrogens is 10. The van der Waals surface area contributed by atoms with E-state index >= 15 is 8.78 Å². The lowest BCUT2D eigenvalue weighted by Crippen LogP contribution is -2.58. The molecule has 0 atom stereocenters. The highest BCUT2D eigenvalue weighted by molar-refractivity contribution is 5.95. The van der Waals surface area contributed by atoms with Crippen LogP contribution in [0.4, 0.5) is 47.0 Å². The molecule has 0 saturated carbocycles. The molecule has 87 heavy (non-hydrogen) atoms. The first-order valence-electron chi connectivity index (χ1n) is 27.6. The summed E-state index contributed by atoms with van der Waals surface area (Å²) < 4.78 is 118. The summed E-state index contributed by atoms with van der Waals surface area (Å²) in [7, 11) is 6.36. The second-order valence-corrected chi connectivity index (χ2v) is 21.8. The Morgan fingerprint density at radius 3 is 1.36 bits per heavy atom. The largest absolute Gasteiger partial charge is 0.425 e. The number of rotatable bonds is 13. The van der Waals surface area contributed by atoms with Gasteiger partial charge in [-0.2, -0.15) is 0 Å². The fourth-order valence-corrected chi connectivity index (χ4v) is 10.6. The Balaban J connectivity index is 0.000000176. The van der Waals surface area contributed by atoms with E-state index in [4.69, 9.17) is 4.74 Å². The summed E-state index contributed by atoms with van der Waals surface area (Å²) in [5, 5.41) is 2.94. The van der Waals surface area contributed by atoms with Gasteiger partial charge in [-0.15, -0.1) is 0 Å². The first kappa shape index (κ1) is 60.8. The molecule has 12 rings (SSSR count). The lowest BCUT2D eigenvalue weighted by Gasteiger charge is -2.38. The average Bonchev–Trinajstić information content (AvgIpc) is 1.82. The maximum Gasteiger partial charge on any atom is 0.298 e. The zero-order valence-electron chi connectivity index (χ0n) is 47.5. The first-order chi connectivity index (χ1) is 41.6. The van der Waals surface area contributed by atoms with Crippen LogP contribution in [-0.4, -0.2) is 180 Å². The van der Waals surface area contributed by atoms with Crippen molar-refractivity contribution >= 4 is 58.2 Å². The Labute approximate surface area is 492 Å². The van der Waals surface area contributed by atoms with E-state index in [0.717, 1.165) is 4.90 Å². The van der Waals surface area contributed by atoms with Crippen LogP contribution in [-0.2, 0) is 17.6 Å². The molecular formula is C58H58F8N16O5. The smallest absolute Gasteiger partial charge is 0.298 e. The van der Waals surface area contributed by atoms with E-state index in [9.17, 15) is 45.5 Å². The van der Waals surface area contributed by atoms with Gasteiger partial charge >= 0.3 is 0 Å². The number of carbonyl (C=O) groups excluding carboxylic acids is 4. The fourth-order valence-electron chi connectivity index (χ4n) is 10.6. The van der Waals surface area contributed by atoms with E-state index in [0.29, 0.717) is 98.5 Å². The molecule has 4 fully saturated rings. The number of amides is 3. The Morgan fingerprint density at radius 1 is 0.586 bits per heavy atom. The van der Waals surface area contributed by atoms with E-state index in [1.807, 2.05) is 14.4 Å². The summed E-state index contributed by atoms with van der Waals surface area (Å²) in [5.74, 6) is -7.28. The molecule has 29 heteroatoms. The van der Waals surface area contributed by atoms with Crippen LogP contribution in [0.1, 0.15) is 91.4 Å². The quantitative estimate of drug-likeness (QED) is 0.0898. The molecule has 6 aromatic heterocycles. The van der Waals surface area contributed by atoms with Crippen LogP contribution in [0, 0.1) is 23.3 Å². The van der Waals surface area contributed by atoms with Crippen molar-refractivity contribution in [2.24, 2.45) is 0 Å². The first-order valence-corrected chi connectivity index (χ1v) is 27.6. The van der Waals surface area contributed by atoms with Crippen molar-refractivity contribution in [3.05, 3.63) is 149 Å². The molecule has 0 unspecified atom stereocenters. The summed E-state index contributed by atoms with van der Waals surface area (Å²) >= 11 is 0. The van der Waals surface area contributed by atoms with Crippen molar-refractivity contribution in [1.29, 1.82) is 0 Å². The number of piperidine rings is 2. The van der Waals surface area contributed by atoms with Gasteiger partial charge in [0.25, 0.3) is 36.0 Å². The fraction of sp³-hybridized carbons (Fsp3) is 0.379. The van der Waals surface area contributed by atoms with Crippen molar-refractivity contribution in [3.63, 3.8) is 0 Å². The second kappa shape index (κ2) is 25.4. The van der Waals surface area contributed by atoms with Gasteiger partial charge in [-0.1, -0.05) is 12.1 Å². The van der Waals surface area contributed by atoms with Crippen LogP contribution in [0.25, 0.3) is 22.1 Å². The van der Waals surface area contributed by atoms with Gasteiger partial charge in [0, 0.05) is 115 Å². The van der Waals surface area contributed by atoms with Gasteiger partial charge in [0.1, 0.15) is 35.6 Å². The van der Waals surface area contributed by atoms with Gasteiger partial charge in [-0.3, -0.25) is 19.2 Å². The third kappa shape index (κ3) is 13.6. The number of hydrogen-bond acceptors (Lipinski definition) is 16. The van der Waals surface area contributed by atoms with Crippen LogP contribution in [0.2, 0.25) is 0 Å². The zero-order chi connectivity index (χ0) is 61.9. The molecule has 8 aromatic rings. The number of hydrogen-bond donors (Lipinski definition) is 1. The minimum Gasteiger partial charge on any atom is -0.425 e. The molecule has 0 bridgehead atoms. The molecule has 456 valence electrons. The van der Waals surface area contributed by atoms with Gasteiger partial charge in [0.15, 0.2) is 17.4 Å². The SMILES string of the molecule is CN(C)C(=O)c1ccc(Cc2ncnc3c2c(F)cn3C2CCN(c3ncc(C(=O)N4CC(F)(F)C4)cn3)CC2)c(F)c1.CN(C)C(=O)c1ccc(Cc2ncnc3c2c(F)cn3C2CCN(c3ncc(OC=O)cn3)CC2)c(F)c1.FC1(F)CNC1. The number of anilines is 2. The third-order valence-corrected chi connectivity index (χ3v) is 15.3. The topological polar surface area (TPSA) is 219 Å². The number of halogens is 8. The Morgan fingerprint density at radius 2 is 1.00 bits per heavy atom. The van der Waals surface area contributed by atoms with Gasteiger partial charge in [0.05, 0.1) is 66.3 Å². The number of alkyl halides is 4. The molecule has 3 amide bonds. The minimum atomic E-state index is -2.85. The zero-order valence-corrected chi connectivity index (χ0v) is 47.5. The Kier molecular flexibility index (Phi) is 17.7. The van der Waals surface area contributed by atoms with Crippen molar-refractivity contribution < 1.29 is 59.0 Å². The van der Waals surface area contributed by atoms with Gasteiger partial charge in [0.2, 0.25) is 11.9 Å². The van der Waals surface area contributed by atoms with Gasteiger partial charge in [-0.05, 0) is 61.1 Å². The summed E-state index contributed by atoms with van der Waals surface area (Å²) in [6.07, 6.45) is 13.8. The van der Waals surface area contributed by atoms with Crippen molar-refractivity contribution in [2.45, 2.75) is 62.5 Å². The van der Waals surface area contributed by atoms with Crippen molar-refractivity contribution in [2.75, 3.05) is 90.3 Å².